The molecule has 6 nitrogen and oxygen atoms in total. The highest BCUT2D eigenvalue weighted by atomic mass is 16.2. The van der Waals surface area contributed by atoms with E-state index in [1.807, 2.05) is 42.7 Å². The van der Waals surface area contributed by atoms with Crippen LogP contribution in [-0.4, -0.2) is 38.9 Å². The number of benzene rings is 1. The second kappa shape index (κ2) is 7.03. The first-order valence-corrected chi connectivity index (χ1v) is 8.71. The van der Waals surface area contributed by atoms with Gasteiger partial charge in [-0.05, 0) is 38.3 Å². The Morgan fingerprint density at radius 2 is 2.04 bits per heavy atom. The number of carbonyl (C=O) groups is 2. The van der Waals surface area contributed by atoms with Gasteiger partial charge in [0.2, 0.25) is 17.8 Å². The zero-order valence-corrected chi connectivity index (χ0v) is 14.3. The number of aryl methyl sites for hydroxylation is 1. The van der Waals surface area contributed by atoms with Crippen LogP contribution in [0.25, 0.3) is 11.0 Å². The first-order valence-electron chi connectivity index (χ1n) is 8.71. The van der Waals surface area contributed by atoms with Gasteiger partial charge in [0.05, 0.1) is 11.0 Å². The summed E-state index contributed by atoms with van der Waals surface area (Å²) < 4.78 is 1.99. The second-order valence-corrected chi connectivity index (χ2v) is 6.11. The highest BCUT2D eigenvalue weighted by Gasteiger charge is 2.32. The summed E-state index contributed by atoms with van der Waals surface area (Å²) in [5.41, 5.74) is 1.86. The predicted octanol–water partition coefficient (Wildman–Crippen LogP) is 2.79. The number of amides is 2. The molecular weight excluding hydrogens is 304 g/mol. The van der Waals surface area contributed by atoms with Gasteiger partial charge >= 0.3 is 0 Å². The van der Waals surface area contributed by atoms with Crippen molar-refractivity contribution in [2.45, 2.75) is 52.1 Å². The Balaban J connectivity index is 1.84. The number of nitrogens with one attached hydrogen (secondary N) is 1. The lowest BCUT2D eigenvalue weighted by Crippen LogP contribution is -2.50. The maximum absolute atomic E-state index is 12.8. The fourth-order valence-electron chi connectivity index (χ4n) is 3.39. The van der Waals surface area contributed by atoms with Gasteiger partial charge in [-0.15, -0.1) is 0 Å². The van der Waals surface area contributed by atoms with Gasteiger partial charge in [0, 0.05) is 19.5 Å². The molecule has 2 aromatic rings. The molecule has 0 saturated carbocycles. The summed E-state index contributed by atoms with van der Waals surface area (Å²) >= 11 is 0. The molecule has 1 aliphatic rings. The molecule has 1 N–H and O–H groups in total. The number of hydrogen-bond acceptors (Lipinski definition) is 3. The quantitative estimate of drug-likeness (QED) is 0.938. The third-order valence-corrected chi connectivity index (χ3v) is 4.63. The second-order valence-electron chi connectivity index (χ2n) is 6.11. The van der Waals surface area contributed by atoms with Crippen LogP contribution in [-0.2, 0) is 16.1 Å². The molecule has 1 saturated heterocycles. The van der Waals surface area contributed by atoms with Crippen molar-refractivity contribution in [3.63, 3.8) is 0 Å². The van der Waals surface area contributed by atoms with Crippen molar-refractivity contribution in [3.8, 4) is 0 Å². The molecule has 0 bridgehead atoms. The maximum atomic E-state index is 12.8. The molecule has 1 unspecified atom stereocenters. The predicted molar refractivity (Wildman–Crippen MR) is 93.7 cm³/mol. The summed E-state index contributed by atoms with van der Waals surface area (Å²) in [6, 6.07) is 7.44. The molecule has 2 amide bonds. The number of hydrogen-bond donors (Lipinski definition) is 1. The number of likely N-dealkylation sites (tertiary alicyclic amines) is 1. The van der Waals surface area contributed by atoms with E-state index in [9.17, 15) is 9.59 Å². The van der Waals surface area contributed by atoms with Gasteiger partial charge in [0.25, 0.3) is 0 Å². The van der Waals surface area contributed by atoms with E-state index in [1.54, 1.807) is 4.90 Å². The van der Waals surface area contributed by atoms with Crippen molar-refractivity contribution in [2.24, 2.45) is 0 Å². The third kappa shape index (κ3) is 3.00. The Labute approximate surface area is 141 Å². The highest BCUT2D eigenvalue weighted by molar-refractivity contribution is 5.97. The summed E-state index contributed by atoms with van der Waals surface area (Å²) in [5.74, 6) is 0.457. The average Bonchev–Trinajstić information content (AvgIpc) is 2.97. The molecule has 2 heterocycles. The summed E-state index contributed by atoms with van der Waals surface area (Å²) in [6.45, 7) is 5.24. The average molecular weight is 328 g/mol. The van der Waals surface area contributed by atoms with Gasteiger partial charge < -0.3 is 9.47 Å². The Kier molecular flexibility index (Phi) is 4.83. The first kappa shape index (κ1) is 16.5. The van der Waals surface area contributed by atoms with Crippen LogP contribution in [0.1, 0.15) is 39.5 Å². The molecule has 24 heavy (non-hydrogen) atoms. The molecule has 6 heteroatoms. The zero-order valence-electron chi connectivity index (χ0n) is 14.3. The number of aromatic nitrogens is 2. The lowest BCUT2D eigenvalue weighted by molar-refractivity contribution is -0.140. The first-order chi connectivity index (χ1) is 11.7. The van der Waals surface area contributed by atoms with Crippen LogP contribution in [0.3, 0.4) is 0 Å². The Hall–Kier alpha value is -2.37. The lowest BCUT2D eigenvalue weighted by Gasteiger charge is -2.34. The van der Waals surface area contributed by atoms with E-state index in [0.29, 0.717) is 25.3 Å². The lowest BCUT2D eigenvalue weighted by atomic mass is 10.0. The van der Waals surface area contributed by atoms with E-state index in [0.717, 1.165) is 30.4 Å². The number of anilines is 1. The van der Waals surface area contributed by atoms with Crippen molar-refractivity contribution in [1.82, 2.24) is 14.5 Å². The molecule has 0 radical (unpaired) electrons. The summed E-state index contributed by atoms with van der Waals surface area (Å²) in [5, 5.41) is 2.95. The standard InChI is InChI=1S/C18H24N4O2/c1-3-16(23)22-12-8-7-11-15(22)17(24)20-18-19-13-9-5-6-10-14(13)21(18)4-2/h5-6,9-10,15H,3-4,7-8,11-12H2,1-2H3,(H,19,20,24). The molecule has 1 aliphatic heterocycles. The topological polar surface area (TPSA) is 67.2 Å². The molecule has 128 valence electrons. The van der Waals surface area contributed by atoms with Gasteiger partial charge in [-0.25, -0.2) is 4.98 Å². The van der Waals surface area contributed by atoms with Gasteiger partial charge in [-0.2, -0.15) is 0 Å². The molecule has 1 aromatic heterocycles. The number of fused-ring (bicyclic) bond motifs is 1. The van der Waals surface area contributed by atoms with Crippen molar-refractivity contribution < 1.29 is 9.59 Å². The van der Waals surface area contributed by atoms with Crippen LogP contribution in [0.15, 0.2) is 24.3 Å². The monoisotopic (exact) mass is 328 g/mol. The minimum Gasteiger partial charge on any atom is -0.331 e. The Morgan fingerprint density at radius 3 is 2.79 bits per heavy atom. The van der Waals surface area contributed by atoms with Crippen molar-refractivity contribution in [1.29, 1.82) is 0 Å². The normalized spacial score (nSPS) is 17.9. The number of nitrogens with zero attached hydrogens (tertiary/aromatic N) is 3. The van der Waals surface area contributed by atoms with Crippen molar-refractivity contribution >= 4 is 28.8 Å². The molecule has 1 atom stereocenters. The van der Waals surface area contributed by atoms with Gasteiger partial charge in [-0.1, -0.05) is 19.1 Å². The number of imidazole rings is 1. The van der Waals surface area contributed by atoms with E-state index in [-0.39, 0.29) is 11.8 Å². The third-order valence-electron chi connectivity index (χ3n) is 4.63. The molecule has 1 aromatic carbocycles. The fourth-order valence-corrected chi connectivity index (χ4v) is 3.39. The molecule has 3 rings (SSSR count). The van der Waals surface area contributed by atoms with E-state index in [2.05, 4.69) is 10.3 Å². The van der Waals surface area contributed by atoms with Crippen molar-refractivity contribution in [3.05, 3.63) is 24.3 Å². The fraction of sp³-hybridized carbons (Fsp3) is 0.500. The SMILES string of the molecule is CCC(=O)N1CCCCC1C(=O)Nc1nc2ccccc2n1CC. The van der Waals surface area contributed by atoms with Crippen LogP contribution in [0.2, 0.25) is 0 Å². The van der Waals surface area contributed by atoms with Crippen LogP contribution in [0, 0.1) is 0 Å². The minimum absolute atomic E-state index is 0.0406. The molecule has 0 spiro atoms. The number of para-hydroxylation sites is 2. The Bertz CT molecular complexity index is 753. The minimum atomic E-state index is -0.392. The van der Waals surface area contributed by atoms with E-state index >= 15 is 0 Å². The largest absolute Gasteiger partial charge is 0.331 e. The van der Waals surface area contributed by atoms with Gasteiger partial charge in [0.1, 0.15) is 6.04 Å². The molecule has 0 aliphatic carbocycles. The van der Waals surface area contributed by atoms with E-state index in [1.165, 1.54) is 0 Å². The highest BCUT2D eigenvalue weighted by Crippen LogP contribution is 2.22. The van der Waals surface area contributed by atoms with Gasteiger partial charge in [-0.3, -0.25) is 14.9 Å². The van der Waals surface area contributed by atoms with Crippen LogP contribution in [0.5, 0.6) is 0 Å². The maximum Gasteiger partial charge on any atom is 0.249 e. The summed E-state index contributed by atoms with van der Waals surface area (Å²) in [4.78, 5) is 31.2. The summed E-state index contributed by atoms with van der Waals surface area (Å²) in [6.07, 6.45) is 3.07. The Morgan fingerprint density at radius 1 is 1.25 bits per heavy atom. The van der Waals surface area contributed by atoms with Crippen LogP contribution >= 0.6 is 0 Å². The van der Waals surface area contributed by atoms with E-state index < -0.39 is 6.04 Å². The molecular formula is C18H24N4O2. The molecule has 1 fully saturated rings. The van der Waals surface area contributed by atoms with Crippen molar-refractivity contribution in [2.75, 3.05) is 11.9 Å². The van der Waals surface area contributed by atoms with Crippen LogP contribution in [0.4, 0.5) is 5.95 Å². The van der Waals surface area contributed by atoms with Gasteiger partial charge in [0.15, 0.2) is 0 Å². The van der Waals surface area contributed by atoms with Crippen LogP contribution < -0.4 is 5.32 Å². The zero-order chi connectivity index (χ0) is 17.1. The number of piperidine rings is 1. The van der Waals surface area contributed by atoms with E-state index in [4.69, 9.17) is 0 Å². The number of carbonyl (C=O) groups excluding carboxylic acids is 2. The number of rotatable bonds is 4. The smallest absolute Gasteiger partial charge is 0.249 e. The summed E-state index contributed by atoms with van der Waals surface area (Å²) in [7, 11) is 0.